The van der Waals surface area contributed by atoms with E-state index in [0.717, 1.165) is 12.7 Å². The minimum atomic E-state index is -1.41. The maximum Gasteiger partial charge on any atom is 0.336 e. The molecule has 0 aliphatic rings. The van der Waals surface area contributed by atoms with Gasteiger partial charge in [-0.3, -0.25) is 4.79 Å². The number of carbonyl (C=O) groups is 2. The van der Waals surface area contributed by atoms with Crippen LogP contribution in [0.1, 0.15) is 15.9 Å². The van der Waals surface area contributed by atoms with Crippen molar-refractivity contribution in [2.45, 2.75) is 13.0 Å². The third kappa shape index (κ3) is 4.09. The first-order valence-corrected chi connectivity index (χ1v) is 6.21. The number of hydrogen-bond donors (Lipinski definition) is 2. The topological polar surface area (TPSA) is 94.1 Å². The molecule has 0 saturated heterocycles. The molecular formula is C14H19NO6. The number of methoxy groups -OCH3 is 3. The predicted molar refractivity (Wildman–Crippen MR) is 74.6 cm³/mol. The summed E-state index contributed by atoms with van der Waals surface area (Å²) in [4.78, 5) is 23.1. The summed E-state index contributed by atoms with van der Waals surface area (Å²) in [6, 6.07) is 3.11. The summed E-state index contributed by atoms with van der Waals surface area (Å²) in [5, 5.41) is 11.9. The van der Waals surface area contributed by atoms with Gasteiger partial charge in [-0.05, 0) is 19.1 Å². The Hall–Kier alpha value is -2.28. The largest absolute Gasteiger partial charge is 0.496 e. The Morgan fingerprint density at radius 3 is 2.14 bits per heavy atom. The Labute approximate surface area is 122 Å². The zero-order valence-corrected chi connectivity index (χ0v) is 12.4. The molecule has 0 bridgehead atoms. The van der Waals surface area contributed by atoms with Crippen LogP contribution in [-0.2, 0) is 9.53 Å². The highest BCUT2D eigenvalue weighted by Crippen LogP contribution is 2.29. The lowest BCUT2D eigenvalue weighted by atomic mass is 10.1. The van der Waals surface area contributed by atoms with Gasteiger partial charge in [0.25, 0.3) is 5.91 Å². The third-order valence-electron chi connectivity index (χ3n) is 2.94. The first kappa shape index (κ1) is 16.8. The molecule has 0 aliphatic carbocycles. The monoisotopic (exact) mass is 297 g/mol. The molecule has 7 nitrogen and oxygen atoms in total. The Bertz CT molecular complexity index is 503. The van der Waals surface area contributed by atoms with Crippen LogP contribution in [0.3, 0.4) is 0 Å². The minimum absolute atomic E-state index is 0.246. The summed E-state index contributed by atoms with van der Waals surface area (Å²) in [6.45, 7) is 1.56. The van der Waals surface area contributed by atoms with Crippen molar-refractivity contribution in [2.75, 3.05) is 27.9 Å². The van der Waals surface area contributed by atoms with Gasteiger partial charge in [-0.1, -0.05) is 0 Å². The number of hydrogen-bond acceptors (Lipinski definition) is 6. The molecule has 1 atom stereocenters. The average Bonchev–Trinajstić information content (AvgIpc) is 2.51. The van der Waals surface area contributed by atoms with Crippen LogP contribution in [0.2, 0.25) is 0 Å². The van der Waals surface area contributed by atoms with E-state index in [2.05, 4.69) is 10.1 Å². The van der Waals surface area contributed by atoms with Crippen molar-refractivity contribution in [3.05, 3.63) is 23.3 Å². The Morgan fingerprint density at radius 1 is 1.19 bits per heavy atom. The molecule has 0 saturated carbocycles. The first-order chi connectivity index (χ1) is 9.94. The molecule has 21 heavy (non-hydrogen) atoms. The Balaban J connectivity index is 2.85. The summed E-state index contributed by atoms with van der Waals surface area (Å²) >= 11 is 0. The predicted octanol–water partition coefficient (Wildman–Crippen LogP) is 0.276. The molecule has 2 N–H and O–H groups in total. The van der Waals surface area contributed by atoms with Gasteiger partial charge in [0.1, 0.15) is 11.5 Å². The van der Waals surface area contributed by atoms with Crippen molar-refractivity contribution in [3.8, 4) is 11.5 Å². The molecule has 1 aromatic carbocycles. The lowest BCUT2D eigenvalue weighted by molar-refractivity contribution is -0.149. The van der Waals surface area contributed by atoms with Gasteiger partial charge in [-0.2, -0.15) is 0 Å². The number of benzene rings is 1. The second kappa shape index (κ2) is 7.49. The fraction of sp³-hybridized carbons (Fsp3) is 0.429. The number of nitrogens with one attached hydrogen (secondary N) is 1. The maximum atomic E-state index is 12.0. The molecular weight excluding hydrogens is 278 g/mol. The van der Waals surface area contributed by atoms with E-state index in [9.17, 15) is 14.7 Å². The van der Waals surface area contributed by atoms with E-state index in [1.165, 1.54) is 14.2 Å². The third-order valence-corrected chi connectivity index (χ3v) is 2.94. The highest BCUT2D eigenvalue weighted by atomic mass is 16.5. The Kier molecular flexibility index (Phi) is 5.98. The number of ether oxygens (including phenoxy) is 3. The van der Waals surface area contributed by atoms with E-state index >= 15 is 0 Å². The van der Waals surface area contributed by atoms with Gasteiger partial charge in [0.2, 0.25) is 0 Å². The fourth-order valence-electron chi connectivity index (χ4n) is 1.73. The van der Waals surface area contributed by atoms with Crippen molar-refractivity contribution in [1.29, 1.82) is 0 Å². The number of aliphatic hydroxyl groups is 1. The van der Waals surface area contributed by atoms with Crippen LogP contribution in [0.5, 0.6) is 11.5 Å². The fourth-order valence-corrected chi connectivity index (χ4v) is 1.73. The zero-order chi connectivity index (χ0) is 16.0. The van der Waals surface area contributed by atoms with Gasteiger partial charge in [-0.25, -0.2) is 4.79 Å². The standard InChI is InChI=1S/C14H19NO6/c1-8-11(19-2)5-9(6-12(8)20-3)13(17)15-7-10(16)14(18)21-4/h5-6,10,16H,7H2,1-4H3,(H,15,17). The molecule has 7 heteroatoms. The van der Waals surface area contributed by atoms with Crippen LogP contribution in [0.25, 0.3) is 0 Å². The number of amides is 1. The summed E-state index contributed by atoms with van der Waals surface area (Å²) < 4.78 is 14.7. The highest BCUT2D eigenvalue weighted by Gasteiger charge is 2.18. The lowest BCUT2D eigenvalue weighted by Crippen LogP contribution is -2.37. The van der Waals surface area contributed by atoms with E-state index in [1.54, 1.807) is 19.1 Å². The van der Waals surface area contributed by atoms with Crippen molar-refractivity contribution < 1.29 is 28.9 Å². The van der Waals surface area contributed by atoms with E-state index in [1.807, 2.05) is 0 Å². The van der Waals surface area contributed by atoms with E-state index in [-0.39, 0.29) is 6.54 Å². The molecule has 0 fully saturated rings. The summed E-state index contributed by atoms with van der Waals surface area (Å²) in [7, 11) is 4.14. The van der Waals surface area contributed by atoms with Crippen molar-refractivity contribution in [2.24, 2.45) is 0 Å². The second-order valence-corrected chi connectivity index (χ2v) is 4.25. The number of carbonyl (C=O) groups excluding carboxylic acids is 2. The van der Waals surface area contributed by atoms with Crippen LogP contribution < -0.4 is 14.8 Å². The van der Waals surface area contributed by atoms with E-state index in [4.69, 9.17) is 9.47 Å². The van der Waals surface area contributed by atoms with Gasteiger partial charge in [0, 0.05) is 11.1 Å². The first-order valence-electron chi connectivity index (χ1n) is 6.21. The molecule has 0 aliphatic heterocycles. The molecule has 1 unspecified atom stereocenters. The van der Waals surface area contributed by atoms with Gasteiger partial charge in [0.15, 0.2) is 6.10 Å². The molecule has 0 spiro atoms. The van der Waals surface area contributed by atoms with Crippen LogP contribution in [0, 0.1) is 6.92 Å². The number of rotatable bonds is 6. The number of aliphatic hydroxyl groups excluding tert-OH is 1. The summed E-state index contributed by atoms with van der Waals surface area (Å²) in [5.41, 5.74) is 1.07. The van der Waals surface area contributed by atoms with Crippen LogP contribution in [0.15, 0.2) is 12.1 Å². The molecule has 0 radical (unpaired) electrons. The number of esters is 1. The van der Waals surface area contributed by atoms with Gasteiger partial charge >= 0.3 is 5.97 Å². The normalized spacial score (nSPS) is 11.5. The van der Waals surface area contributed by atoms with E-state index in [0.29, 0.717) is 17.1 Å². The van der Waals surface area contributed by atoms with Crippen molar-refractivity contribution >= 4 is 11.9 Å². The van der Waals surface area contributed by atoms with Gasteiger partial charge < -0.3 is 24.6 Å². The molecule has 116 valence electrons. The second-order valence-electron chi connectivity index (χ2n) is 4.25. The highest BCUT2D eigenvalue weighted by molar-refractivity contribution is 5.95. The lowest BCUT2D eigenvalue weighted by Gasteiger charge is -2.13. The quantitative estimate of drug-likeness (QED) is 0.732. The molecule has 1 aromatic rings. The molecule has 1 amide bonds. The summed E-state index contributed by atoms with van der Waals surface area (Å²) in [6.07, 6.45) is -1.41. The van der Waals surface area contributed by atoms with E-state index < -0.39 is 18.0 Å². The van der Waals surface area contributed by atoms with Crippen LogP contribution in [-0.4, -0.2) is 51.0 Å². The molecule has 1 rings (SSSR count). The smallest absolute Gasteiger partial charge is 0.336 e. The molecule has 0 heterocycles. The summed E-state index contributed by atoms with van der Waals surface area (Å²) in [5.74, 6) is -0.259. The van der Waals surface area contributed by atoms with Gasteiger partial charge in [-0.15, -0.1) is 0 Å². The van der Waals surface area contributed by atoms with Crippen LogP contribution >= 0.6 is 0 Å². The van der Waals surface area contributed by atoms with Gasteiger partial charge in [0.05, 0.1) is 27.9 Å². The molecule has 0 aromatic heterocycles. The van der Waals surface area contributed by atoms with Crippen LogP contribution in [0.4, 0.5) is 0 Å². The maximum absolute atomic E-state index is 12.0. The zero-order valence-electron chi connectivity index (χ0n) is 12.4. The minimum Gasteiger partial charge on any atom is -0.496 e. The van der Waals surface area contributed by atoms with Crippen molar-refractivity contribution in [1.82, 2.24) is 5.32 Å². The SMILES string of the molecule is COC(=O)C(O)CNC(=O)c1cc(OC)c(C)c(OC)c1. The van der Waals surface area contributed by atoms with Crippen molar-refractivity contribution in [3.63, 3.8) is 0 Å². The average molecular weight is 297 g/mol. The Morgan fingerprint density at radius 2 is 1.71 bits per heavy atom.